The molecule has 8 heteroatoms. The summed E-state index contributed by atoms with van der Waals surface area (Å²) in [4.78, 5) is 8.90. The molecule has 0 radical (unpaired) electrons. The maximum atomic E-state index is 11.6. The van der Waals surface area contributed by atoms with E-state index in [1.54, 1.807) is 28.9 Å². The van der Waals surface area contributed by atoms with Crippen molar-refractivity contribution in [1.29, 1.82) is 0 Å². The molecule has 0 atom stereocenters. The van der Waals surface area contributed by atoms with Gasteiger partial charge in [-0.2, -0.15) is 4.98 Å². The van der Waals surface area contributed by atoms with E-state index in [0.717, 1.165) is 5.52 Å². The maximum Gasteiger partial charge on any atom is 0.247 e. The maximum absolute atomic E-state index is 11.6. The van der Waals surface area contributed by atoms with Crippen molar-refractivity contribution in [1.82, 2.24) is 19.6 Å². The fraction of sp³-hybridized carbons (Fsp3) is 0.105. The van der Waals surface area contributed by atoms with E-state index in [0.29, 0.717) is 28.8 Å². The molecule has 0 amide bonds. The van der Waals surface area contributed by atoms with Crippen molar-refractivity contribution >= 4 is 15.4 Å². The van der Waals surface area contributed by atoms with E-state index in [1.165, 1.54) is 6.26 Å². The molecule has 1 aromatic carbocycles. The highest BCUT2D eigenvalue weighted by atomic mass is 32.2. The number of ether oxygens (including phenoxy) is 1. The lowest BCUT2D eigenvalue weighted by Crippen LogP contribution is -2.05. The van der Waals surface area contributed by atoms with Gasteiger partial charge in [0.05, 0.1) is 11.4 Å². The molecule has 0 unspecified atom stereocenters. The predicted molar refractivity (Wildman–Crippen MR) is 101 cm³/mol. The molecular weight excluding hydrogens is 364 g/mol. The van der Waals surface area contributed by atoms with Crippen LogP contribution in [0.4, 0.5) is 0 Å². The summed E-state index contributed by atoms with van der Waals surface area (Å²) >= 11 is 0. The Balaban J connectivity index is 1.78. The SMILES string of the molecule is CS(=O)(=O)Cc1cccc(-c2nc(Oc3ccccc3)c3cccn3n2)n1. The standard InChI is InChI=1S/C19H16N4O3S/c1-27(24,25)13-14-7-5-10-16(20-14)18-21-19(17-11-6-12-23(17)22-18)26-15-8-3-2-4-9-15/h2-12H,13H2,1H3. The van der Waals surface area contributed by atoms with Crippen LogP contribution in [0.3, 0.4) is 0 Å². The number of benzene rings is 1. The normalized spacial score (nSPS) is 11.6. The van der Waals surface area contributed by atoms with Crippen LogP contribution in [0.5, 0.6) is 11.6 Å². The third-order valence-corrected chi connectivity index (χ3v) is 4.58. The van der Waals surface area contributed by atoms with Gasteiger partial charge in [-0.3, -0.25) is 0 Å². The third kappa shape index (κ3) is 3.95. The van der Waals surface area contributed by atoms with Gasteiger partial charge >= 0.3 is 0 Å². The van der Waals surface area contributed by atoms with Gasteiger partial charge in [0.15, 0.2) is 9.84 Å². The summed E-state index contributed by atoms with van der Waals surface area (Å²) in [5.41, 5.74) is 1.64. The van der Waals surface area contributed by atoms with E-state index >= 15 is 0 Å². The molecule has 7 nitrogen and oxygen atoms in total. The third-order valence-electron chi connectivity index (χ3n) is 3.76. The summed E-state index contributed by atoms with van der Waals surface area (Å²) in [5, 5.41) is 4.46. The van der Waals surface area contributed by atoms with Gasteiger partial charge in [0.1, 0.15) is 17.0 Å². The Labute approximate surface area is 156 Å². The topological polar surface area (TPSA) is 86.5 Å². The zero-order valence-corrected chi connectivity index (χ0v) is 15.3. The molecule has 0 N–H and O–H groups in total. The highest BCUT2D eigenvalue weighted by Crippen LogP contribution is 2.26. The summed E-state index contributed by atoms with van der Waals surface area (Å²) in [5.74, 6) is 1.26. The Kier molecular flexibility index (Phi) is 4.33. The minimum atomic E-state index is -3.18. The number of para-hydroxylation sites is 1. The molecule has 3 aromatic heterocycles. The van der Waals surface area contributed by atoms with E-state index in [1.807, 2.05) is 42.5 Å². The molecule has 136 valence electrons. The van der Waals surface area contributed by atoms with Crippen molar-refractivity contribution in [2.75, 3.05) is 6.26 Å². The number of pyridine rings is 1. The summed E-state index contributed by atoms with van der Waals surface area (Å²) in [6.07, 6.45) is 2.97. The molecule has 0 bridgehead atoms. The van der Waals surface area contributed by atoms with Crippen molar-refractivity contribution < 1.29 is 13.2 Å². The van der Waals surface area contributed by atoms with Gasteiger partial charge in [0.25, 0.3) is 0 Å². The van der Waals surface area contributed by atoms with E-state index in [4.69, 9.17) is 4.74 Å². The van der Waals surface area contributed by atoms with Crippen LogP contribution in [0.15, 0.2) is 66.9 Å². The van der Waals surface area contributed by atoms with Gasteiger partial charge in [-0.25, -0.2) is 17.9 Å². The fourth-order valence-electron chi connectivity index (χ4n) is 2.64. The van der Waals surface area contributed by atoms with Crippen LogP contribution in [0.1, 0.15) is 5.69 Å². The average Bonchev–Trinajstić information content (AvgIpc) is 3.10. The first-order valence-corrected chi connectivity index (χ1v) is 10.3. The van der Waals surface area contributed by atoms with Crippen LogP contribution in [0, 0.1) is 0 Å². The Hall–Kier alpha value is -3.26. The number of sulfone groups is 1. The Morgan fingerprint density at radius 3 is 2.56 bits per heavy atom. The molecule has 0 aliphatic carbocycles. The highest BCUT2D eigenvalue weighted by molar-refractivity contribution is 7.89. The Bertz CT molecular complexity index is 1200. The molecule has 4 rings (SSSR count). The smallest absolute Gasteiger partial charge is 0.247 e. The molecule has 0 fully saturated rings. The van der Waals surface area contributed by atoms with Crippen LogP contribution in [0.2, 0.25) is 0 Å². The van der Waals surface area contributed by atoms with Crippen LogP contribution >= 0.6 is 0 Å². The van der Waals surface area contributed by atoms with Crippen LogP contribution in [-0.2, 0) is 15.6 Å². The number of rotatable bonds is 5. The van der Waals surface area contributed by atoms with Crippen LogP contribution in [0.25, 0.3) is 17.0 Å². The first kappa shape index (κ1) is 17.2. The van der Waals surface area contributed by atoms with Gasteiger partial charge in [-0.05, 0) is 36.4 Å². The Morgan fingerprint density at radius 1 is 0.963 bits per heavy atom. The van der Waals surface area contributed by atoms with Crippen molar-refractivity contribution in [3.8, 4) is 23.1 Å². The summed E-state index contributed by atoms with van der Waals surface area (Å²) in [7, 11) is -3.18. The van der Waals surface area contributed by atoms with Crippen LogP contribution in [-0.4, -0.2) is 34.3 Å². The average molecular weight is 380 g/mol. The second-order valence-electron chi connectivity index (χ2n) is 6.08. The monoisotopic (exact) mass is 380 g/mol. The highest BCUT2D eigenvalue weighted by Gasteiger charge is 2.14. The lowest BCUT2D eigenvalue weighted by Gasteiger charge is -2.09. The summed E-state index contributed by atoms with van der Waals surface area (Å²) in [6, 6.07) is 18.2. The van der Waals surface area contributed by atoms with E-state index in [9.17, 15) is 8.42 Å². The predicted octanol–water partition coefficient (Wildman–Crippen LogP) is 3.13. The van der Waals surface area contributed by atoms with Crippen molar-refractivity contribution in [3.05, 3.63) is 72.6 Å². The summed E-state index contributed by atoms with van der Waals surface area (Å²) in [6.45, 7) is 0. The van der Waals surface area contributed by atoms with Crippen molar-refractivity contribution in [2.24, 2.45) is 0 Å². The van der Waals surface area contributed by atoms with E-state index in [-0.39, 0.29) is 5.75 Å². The zero-order chi connectivity index (χ0) is 18.9. The lowest BCUT2D eigenvalue weighted by molar-refractivity contribution is 0.464. The zero-order valence-electron chi connectivity index (χ0n) is 14.5. The number of fused-ring (bicyclic) bond motifs is 1. The quantitative estimate of drug-likeness (QED) is 0.529. The van der Waals surface area contributed by atoms with Gasteiger partial charge in [-0.1, -0.05) is 24.3 Å². The number of hydrogen-bond acceptors (Lipinski definition) is 6. The second kappa shape index (κ2) is 6.81. The molecular formula is C19H16N4O3S. The Morgan fingerprint density at radius 2 is 1.78 bits per heavy atom. The number of nitrogens with zero attached hydrogens (tertiary/aromatic N) is 4. The van der Waals surface area contributed by atoms with Crippen LogP contribution < -0.4 is 4.74 Å². The molecule has 0 aliphatic rings. The first-order chi connectivity index (χ1) is 13.0. The van der Waals surface area contributed by atoms with Crippen molar-refractivity contribution in [2.45, 2.75) is 5.75 Å². The van der Waals surface area contributed by atoms with Gasteiger partial charge in [-0.15, -0.1) is 5.10 Å². The molecule has 3 heterocycles. The minimum Gasteiger partial charge on any atom is -0.437 e. The van der Waals surface area contributed by atoms with Gasteiger partial charge in [0, 0.05) is 12.5 Å². The van der Waals surface area contributed by atoms with Gasteiger partial charge < -0.3 is 4.74 Å². The van der Waals surface area contributed by atoms with Crippen molar-refractivity contribution in [3.63, 3.8) is 0 Å². The number of aromatic nitrogens is 4. The molecule has 0 saturated heterocycles. The largest absolute Gasteiger partial charge is 0.437 e. The molecule has 27 heavy (non-hydrogen) atoms. The van der Waals surface area contributed by atoms with E-state index < -0.39 is 9.84 Å². The molecule has 4 aromatic rings. The molecule has 0 spiro atoms. The minimum absolute atomic E-state index is 0.139. The number of hydrogen-bond donors (Lipinski definition) is 0. The first-order valence-electron chi connectivity index (χ1n) is 8.20. The summed E-state index contributed by atoms with van der Waals surface area (Å²) < 4.78 is 30.7. The van der Waals surface area contributed by atoms with E-state index in [2.05, 4.69) is 15.1 Å². The second-order valence-corrected chi connectivity index (χ2v) is 8.22. The molecule has 0 aliphatic heterocycles. The lowest BCUT2D eigenvalue weighted by atomic mass is 10.3. The fourth-order valence-corrected chi connectivity index (χ4v) is 3.34. The molecule has 0 saturated carbocycles. The van der Waals surface area contributed by atoms with Gasteiger partial charge in [0.2, 0.25) is 11.7 Å².